The second kappa shape index (κ2) is 8.45. The zero-order valence-corrected chi connectivity index (χ0v) is 15.6. The molecule has 2 amide bonds. The van der Waals surface area contributed by atoms with Crippen LogP contribution in [0.3, 0.4) is 0 Å². The van der Waals surface area contributed by atoms with Crippen molar-refractivity contribution in [2.24, 2.45) is 0 Å². The summed E-state index contributed by atoms with van der Waals surface area (Å²) in [6.07, 6.45) is 5.13. The molecule has 0 atom stereocenters. The fourth-order valence-electron chi connectivity index (χ4n) is 2.43. The normalized spacial score (nSPS) is 11.0. The minimum atomic E-state index is -0.309. The number of imidazole rings is 1. The molecule has 0 fully saturated rings. The molecule has 3 aromatic heterocycles. The average Bonchev–Trinajstić information content (AvgIpc) is 3.04. The summed E-state index contributed by atoms with van der Waals surface area (Å²) in [7, 11) is 3.95. The smallest absolute Gasteiger partial charge is 0.320 e. The highest BCUT2D eigenvalue weighted by molar-refractivity contribution is 5.88. The Morgan fingerprint density at radius 3 is 2.89 bits per heavy atom. The molecule has 9 heteroatoms. The Balaban J connectivity index is 1.96. The molecule has 0 aliphatic heterocycles. The lowest BCUT2D eigenvalue weighted by Crippen LogP contribution is -2.28. The molecule has 0 bridgehead atoms. The van der Waals surface area contributed by atoms with Gasteiger partial charge < -0.3 is 15.0 Å². The summed E-state index contributed by atoms with van der Waals surface area (Å²) < 4.78 is 7.60. The van der Waals surface area contributed by atoms with Gasteiger partial charge in [0.1, 0.15) is 12.3 Å². The van der Waals surface area contributed by atoms with Gasteiger partial charge >= 0.3 is 12.0 Å². The van der Waals surface area contributed by atoms with Crippen LogP contribution in [0.4, 0.5) is 10.6 Å². The van der Waals surface area contributed by atoms with Crippen molar-refractivity contribution in [3.05, 3.63) is 36.8 Å². The maximum Gasteiger partial charge on any atom is 0.320 e. The van der Waals surface area contributed by atoms with E-state index in [2.05, 4.69) is 25.6 Å². The van der Waals surface area contributed by atoms with Gasteiger partial charge in [0.25, 0.3) is 0 Å². The van der Waals surface area contributed by atoms with Gasteiger partial charge in [0.2, 0.25) is 0 Å². The van der Waals surface area contributed by atoms with Crippen molar-refractivity contribution in [1.82, 2.24) is 29.6 Å². The first-order valence-corrected chi connectivity index (χ1v) is 8.69. The number of rotatable bonds is 7. The summed E-state index contributed by atoms with van der Waals surface area (Å²) >= 11 is 0. The van der Waals surface area contributed by atoms with E-state index in [0.717, 1.165) is 12.1 Å². The van der Waals surface area contributed by atoms with Gasteiger partial charge in [0.15, 0.2) is 5.82 Å². The lowest BCUT2D eigenvalue weighted by atomic mass is 10.2. The number of anilines is 1. The first-order valence-electron chi connectivity index (χ1n) is 8.69. The van der Waals surface area contributed by atoms with E-state index in [-0.39, 0.29) is 6.03 Å². The van der Waals surface area contributed by atoms with Crippen molar-refractivity contribution < 1.29 is 9.53 Å². The fourth-order valence-corrected chi connectivity index (χ4v) is 2.43. The maximum atomic E-state index is 11.8. The Labute approximate surface area is 157 Å². The molecule has 0 saturated heterocycles. The van der Waals surface area contributed by atoms with E-state index in [1.807, 2.05) is 44.1 Å². The predicted octanol–water partition coefficient (Wildman–Crippen LogP) is 1.87. The first kappa shape index (κ1) is 18.6. The number of ether oxygens (including phenoxy) is 1. The highest BCUT2D eigenvalue weighted by Crippen LogP contribution is 2.23. The lowest BCUT2D eigenvalue weighted by Gasteiger charge is -2.12. The number of pyridine rings is 1. The molecule has 0 aromatic carbocycles. The molecule has 0 aliphatic carbocycles. The molecular formula is C18H23N7O2. The number of nitrogens with zero attached hydrogens (tertiary/aromatic N) is 5. The Kier molecular flexibility index (Phi) is 5.82. The number of carbonyl (C=O) groups excluding carboxylic acids is 1. The maximum absolute atomic E-state index is 11.8. The number of hydrogen-bond acceptors (Lipinski definition) is 6. The van der Waals surface area contributed by atoms with Crippen LogP contribution >= 0.6 is 0 Å². The van der Waals surface area contributed by atoms with E-state index in [1.165, 1.54) is 0 Å². The van der Waals surface area contributed by atoms with E-state index in [1.54, 1.807) is 23.0 Å². The number of hydrogen-bond donors (Lipinski definition) is 2. The third kappa shape index (κ3) is 4.70. The standard InChI is InChI=1S/C18H23N7O2/c1-4-20-17(26)23-15-12-25-16(22-15)10-14(13-6-5-7-19-11-13)21-18(25)27-9-8-24(2)3/h5-7,10-12H,4,8-9H2,1-3H3,(H2,20,23,26). The second-order valence-electron chi connectivity index (χ2n) is 6.16. The van der Waals surface area contributed by atoms with E-state index in [9.17, 15) is 4.79 Å². The Hall–Kier alpha value is -3.20. The number of likely N-dealkylation sites (N-methyl/N-ethyl adjacent to an activating group) is 1. The van der Waals surface area contributed by atoms with Gasteiger partial charge in [-0.25, -0.2) is 9.78 Å². The number of urea groups is 1. The molecular weight excluding hydrogens is 346 g/mol. The van der Waals surface area contributed by atoms with Crippen LogP contribution in [0.1, 0.15) is 6.92 Å². The van der Waals surface area contributed by atoms with Crippen LogP contribution in [0, 0.1) is 0 Å². The monoisotopic (exact) mass is 369 g/mol. The molecule has 0 unspecified atom stereocenters. The summed E-state index contributed by atoms with van der Waals surface area (Å²) in [5.74, 6) is 0.420. The van der Waals surface area contributed by atoms with Gasteiger partial charge in [-0.05, 0) is 33.2 Å². The van der Waals surface area contributed by atoms with E-state index in [4.69, 9.17) is 4.74 Å². The van der Waals surface area contributed by atoms with Crippen molar-refractivity contribution in [2.75, 3.05) is 39.1 Å². The molecule has 0 aliphatic rings. The Morgan fingerprint density at radius 1 is 1.33 bits per heavy atom. The number of fused-ring (bicyclic) bond motifs is 1. The van der Waals surface area contributed by atoms with Crippen LogP contribution in [-0.2, 0) is 0 Å². The number of carbonyl (C=O) groups is 1. The van der Waals surface area contributed by atoms with Crippen molar-refractivity contribution in [3.63, 3.8) is 0 Å². The molecule has 3 heterocycles. The number of amides is 2. The van der Waals surface area contributed by atoms with Crippen molar-refractivity contribution >= 4 is 17.5 Å². The quantitative estimate of drug-likeness (QED) is 0.660. The SMILES string of the molecule is CCNC(=O)Nc1cn2c(OCCN(C)C)nc(-c3cccnc3)cc2n1. The summed E-state index contributed by atoms with van der Waals surface area (Å²) in [5, 5.41) is 5.38. The van der Waals surface area contributed by atoms with Gasteiger partial charge in [-0.1, -0.05) is 0 Å². The minimum absolute atomic E-state index is 0.309. The first-order chi connectivity index (χ1) is 13.1. The fraction of sp³-hybridized carbons (Fsp3) is 0.333. The van der Waals surface area contributed by atoms with Gasteiger partial charge in [-0.2, -0.15) is 4.98 Å². The summed E-state index contributed by atoms with van der Waals surface area (Å²) in [5.41, 5.74) is 2.18. The van der Waals surface area contributed by atoms with E-state index >= 15 is 0 Å². The van der Waals surface area contributed by atoms with Gasteiger partial charge in [-0.15, -0.1) is 0 Å². The molecule has 0 spiro atoms. The molecule has 142 valence electrons. The topological polar surface area (TPSA) is 96.7 Å². The molecule has 0 saturated carbocycles. The van der Waals surface area contributed by atoms with Crippen LogP contribution in [0.25, 0.3) is 16.9 Å². The molecule has 3 rings (SSSR count). The Bertz CT molecular complexity index is 909. The summed E-state index contributed by atoms with van der Waals surface area (Å²) in [6.45, 7) is 3.61. The molecule has 2 N–H and O–H groups in total. The van der Waals surface area contributed by atoms with Crippen molar-refractivity contribution in [3.8, 4) is 17.3 Å². The molecule has 27 heavy (non-hydrogen) atoms. The Morgan fingerprint density at radius 2 is 2.19 bits per heavy atom. The van der Waals surface area contributed by atoms with Crippen LogP contribution in [0.5, 0.6) is 6.01 Å². The molecule has 0 radical (unpaired) electrons. The van der Waals surface area contributed by atoms with Gasteiger partial charge in [-0.3, -0.25) is 14.7 Å². The molecule has 9 nitrogen and oxygen atoms in total. The largest absolute Gasteiger partial charge is 0.463 e. The van der Waals surface area contributed by atoms with Crippen LogP contribution in [0.2, 0.25) is 0 Å². The number of nitrogens with one attached hydrogen (secondary N) is 2. The van der Waals surface area contributed by atoms with Crippen LogP contribution in [0.15, 0.2) is 36.8 Å². The van der Waals surface area contributed by atoms with Gasteiger partial charge in [0.05, 0.1) is 11.9 Å². The lowest BCUT2D eigenvalue weighted by molar-refractivity contribution is 0.243. The summed E-state index contributed by atoms with van der Waals surface area (Å²) in [4.78, 5) is 27.0. The highest BCUT2D eigenvalue weighted by atomic mass is 16.5. The third-order valence-electron chi connectivity index (χ3n) is 3.73. The van der Waals surface area contributed by atoms with Crippen molar-refractivity contribution in [2.45, 2.75) is 6.92 Å². The highest BCUT2D eigenvalue weighted by Gasteiger charge is 2.13. The molecule has 3 aromatic rings. The van der Waals surface area contributed by atoms with Crippen molar-refractivity contribution in [1.29, 1.82) is 0 Å². The van der Waals surface area contributed by atoms with Crippen LogP contribution < -0.4 is 15.4 Å². The summed E-state index contributed by atoms with van der Waals surface area (Å²) in [6, 6.07) is 5.70. The minimum Gasteiger partial charge on any atom is -0.463 e. The average molecular weight is 369 g/mol. The van der Waals surface area contributed by atoms with Gasteiger partial charge in [0, 0.05) is 37.1 Å². The van der Waals surface area contributed by atoms with Crippen LogP contribution in [-0.4, -0.2) is 64.1 Å². The second-order valence-corrected chi connectivity index (χ2v) is 6.16. The zero-order chi connectivity index (χ0) is 19.2. The van der Waals surface area contributed by atoms with E-state index < -0.39 is 0 Å². The third-order valence-corrected chi connectivity index (χ3v) is 3.73. The number of aromatic nitrogens is 4. The zero-order valence-electron chi connectivity index (χ0n) is 15.6. The predicted molar refractivity (Wildman–Crippen MR) is 103 cm³/mol. The van der Waals surface area contributed by atoms with E-state index in [0.29, 0.717) is 36.3 Å².